The van der Waals surface area contributed by atoms with E-state index in [-0.39, 0.29) is 11.1 Å². The molecule has 0 saturated heterocycles. The summed E-state index contributed by atoms with van der Waals surface area (Å²) in [5, 5.41) is 0. The van der Waals surface area contributed by atoms with Crippen LogP contribution in [0.25, 0.3) is 45.5 Å². The Morgan fingerprint density at radius 1 is 0.265 bits per heavy atom. The zero-order valence-electron chi connectivity index (χ0n) is 54.2. The molecule has 0 bridgehead atoms. The van der Waals surface area contributed by atoms with Crippen LogP contribution in [0.1, 0.15) is 55.6 Å². The summed E-state index contributed by atoms with van der Waals surface area (Å²) in [6.45, 7) is 7.66. The van der Waals surface area contributed by atoms with Crippen LogP contribution in [0.2, 0.25) is 0 Å². The van der Waals surface area contributed by atoms with Crippen LogP contribution in [0.4, 0.5) is 69.2 Å². The summed E-state index contributed by atoms with van der Waals surface area (Å²) >= 11 is 0. The number of hydrogen-bond donors (Lipinski definition) is 0. The number of fused-ring (bicyclic) bond motifs is 6. The van der Waals surface area contributed by atoms with E-state index in [1.165, 1.54) is 24.3 Å². The molecule has 0 radical (unpaired) electrons. The molecule has 0 amide bonds. The van der Waals surface area contributed by atoms with Crippen molar-refractivity contribution in [3.8, 4) is 56.4 Å². The molecule has 2 atom stereocenters. The Balaban J connectivity index is 0.782. The molecule has 0 fully saturated rings. The summed E-state index contributed by atoms with van der Waals surface area (Å²) in [7, 11) is 0. The Morgan fingerprint density at radius 2 is 0.578 bits per heavy atom. The van der Waals surface area contributed by atoms with Crippen molar-refractivity contribution in [3.63, 3.8) is 0 Å². The average molecular weight is 1350 g/mol. The molecule has 16 rings (SSSR count). The lowest BCUT2D eigenvalue weighted by Gasteiger charge is -2.35. The smallest absolute Gasteiger partial charge is 0.133 e. The minimum atomic E-state index is -1.72. The lowest BCUT2D eigenvalue weighted by molar-refractivity contribution is 0.481. The van der Waals surface area contributed by atoms with Gasteiger partial charge in [-0.2, -0.15) is 0 Å². The van der Waals surface area contributed by atoms with Crippen LogP contribution < -0.4 is 19.3 Å². The van der Waals surface area contributed by atoms with E-state index in [1.54, 1.807) is 97.1 Å². The molecular formula is C90H56F8N2O2. The highest BCUT2D eigenvalue weighted by atomic mass is 19.2. The van der Waals surface area contributed by atoms with Gasteiger partial charge in [-0.05, 0) is 211 Å². The first-order chi connectivity index (χ1) is 49.7. The number of halogens is 8. The van der Waals surface area contributed by atoms with E-state index in [0.29, 0.717) is 137 Å². The zero-order valence-corrected chi connectivity index (χ0v) is 54.2. The molecule has 4 nitrogen and oxygen atoms in total. The predicted octanol–water partition coefficient (Wildman–Crippen LogP) is 25.0. The Morgan fingerprint density at radius 3 is 0.922 bits per heavy atom. The van der Waals surface area contributed by atoms with Crippen LogP contribution in [-0.2, 0) is 10.8 Å². The number of hydrogen-bond acceptors (Lipinski definition) is 4. The third-order valence-corrected chi connectivity index (χ3v) is 19.3. The first-order valence-corrected chi connectivity index (χ1v) is 32.8. The molecule has 12 heteroatoms. The van der Waals surface area contributed by atoms with Crippen LogP contribution in [0.3, 0.4) is 0 Å². The van der Waals surface area contributed by atoms with E-state index in [0.717, 1.165) is 22.3 Å². The largest absolute Gasteiger partial charge is 0.457 e. The lowest BCUT2D eigenvalue weighted by Crippen LogP contribution is -2.31. The van der Waals surface area contributed by atoms with Crippen molar-refractivity contribution in [3.05, 3.63) is 419 Å². The van der Waals surface area contributed by atoms with E-state index in [1.807, 2.05) is 180 Å². The summed E-state index contributed by atoms with van der Waals surface area (Å²) in [5.74, 6) is -5.54. The molecule has 0 spiro atoms. The molecule has 14 aromatic rings. The second-order valence-corrected chi connectivity index (χ2v) is 25.1. The molecule has 0 aromatic heterocycles. The van der Waals surface area contributed by atoms with Crippen LogP contribution >= 0.6 is 0 Å². The second kappa shape index (κ2) is 25.8. The molecule has 494 valence electrons. The van der Waals surface area contributed by atoms with Crippen LogP contribution in [0.15, 0.2) is 316 Å². The highest BCUT2D eigenvalue weighted by Crippen LogP contribution is 2.61. The first-order valence-electron chi connectivity index (χ1n) is 32.8. The van der Waals surface area contributed by atoms with Gasteiger partial charge >= 0.3 is 0 Å². The van der Waals surface area contributed by atoms with Gasteiger partial charge in [-0.1, -0.05) is 171 Å². The van der Waals surface area contributed by atoms with Crippen molar-refractivity contribution in [1.29, 1.82) is 0 Å². The summed E-state index contributed by atoms with van der Waals surface area (Å²) in [6.07, 6.45) is 3.45. The van der Waals surface area contributed by atoms with Crippen molar-refractivity contribution in [2.45, 2.75) is 10.8 Å². The molecule has 0 heterocycles. The van der Waals surface area contributed by atoms with Gasteiger partial charge in [-0.25, -0.2) is 35.1 Å². The Hall–Kier alpha value is -12.8. The van der Waals surface area contributed by atoms with Gasteiger partial charge in [0.1, 0.15) is 69.5 Å². The molecular weight excluding hydrogens is 1290 g/mol. The quantitative estimate of drug-likeness (QED) is 0.0849. The minimum Gasteiger partial charge on any atom is -0.457 e. The monoisotopic (exact) mass is 1350 g/mol. The highest BCUT2D eigenvalue weighted by molar-refractivity contribution is 5.92. The fraction of sp³-hybridized carbons (Fsp3) is 0.0222. The maximum absolute atomic E-state index is 17.1. The van der Waals surface area contributed by atoms with E-state index in [4.69, 9.17) is 9.47 Å². The lowest BCUT2D eigenvalue weighted by atomic mass is 9.67. The maximum Gasteiger partial charge on any atom is 0.133 e. The number of anilines is 6. The van der Waals surface area contributed by atoms with Gasteiger partial charge in [-0.15, -0.1) is 0 Å². The second-order valence-electron chi connectivity index (χ2n) is 25.1. The SMILES string of the molecule is C=Cc1ccc(Oc2ccc(C3(c4c(F)cc(F)cc4F)c4ccccc4-c4ccc(N(c5ccc(-c6ccc(N(c7cccc(F)c7)c7ccc8c(c7)C(c7ccc(Oc9ccc(C=C)cc9)cc7)(c7c(F)cc(F)cc7F)c7ccccc7-8)cc6)cc5)c5cccc(F)c5)cc43)cc2)cc1. The van der Waals surface area contributed by atoms with Crippen LogP contribution in [0, 0.1) is 46.5 Å². The van der Waals surface area contributed by atoms with Gasteiger partial charge in [0.2, 0.25) is 0 Å². The molecule has 2 aliphatic rings. The molecule has 0 saturated carbocycles. The van der Waals surface area contributed by atoms with Gasteiger partial charge in [0.15, 0.2) is 0 Å². The van der Waals surface area contributed by atoms with Gasteiger partial charge in [0.25, 0.3) is 0 Å². The third kappa shape index (κ3) is 11.0. The van der Waals surface area contributed by atoms with Crippen molar-refractivity contribution >= 4 is 46.3 Å². The number of rotatable bonds is 17. The van der Waals surface area contributed by atoms with Crippen molar-refractivity contribution in [1.82, 2.24) is 0 Å². The topological polar surface area (TPSA) is 24.9 Å². The van der Waals surface area contributed by atoms with E-state index < -0.39 is 57.4 Å². The fourth-order valence-electron chi connectivity index (χ4n) is 15.0. The molecule has 2 aliphatic carbocycles. The number of benzene rings is 14. The zero-order chi connectivity index (χ0) is 70.0. The number of ether oxygens (including phenoxy) is 2. The van der Waals surface area contributed by atoms with E-state index in [9.17, 15) is 0 Å². The minimum absolute atomic E-state index is 0.389. The van der Waals surface area contributed by atoms with Gasteiger partial charge < -0.3 is 19.3 Å². The predicted molar refractivity (Wildman–Crippen MR) is 389 cm³/mol. The Kier molecular flexibility index (Phi) is 16.2. The molecule has 2 unspecified atom stereocenters. The van der Waals surface area contributed by atoms with Gasteiger partial charge in [0, 0.05) is 69.5 Å². The summed E-state index contributed by atoms with van der Waals surface area (Å²) < 4.78 is 142. The van der Waals surface area contributed by atoms with Gasteiger partial charge in [0.05, 0.1) is 10.8 Å². The number of nitrogens with zero attached hydrogens (tertiary/aromatic N) is 2. The standard InChI is InChI=1S/C90H56F8N2O2/c1-3-55-19-37-71(38-20-55)101-73-41-27-59(28-42-73)89(87-83(95)49-63(93)50-84(87)96)79-17-7-5-15-75(79)77-45-35-69(53-81(77)89)99(67-13-9-11-61(91)47-67)65-31-23-57(24-32-65)58-25-33-66(34-26-58)100(68-14-10-12-62(92)48-68)70-36-46-78-76-16-6-8-18-80(76)90(82(78)54-70,88-85(97)51-64(94)52-86(88)98)60-29-43-74(44-30-60)102-72-39-21-56(4-2)22-40-72/h3-54H,1-2H2. The first kappa shape index (κ1) is 63.9. The summed E-state index contributed by atoms with van der Waals surface area (Å²) in [5.41, 5.74) is 7.92. The van der Waals surface area contributed by atoms with Crippen molar-refractivity contribution in [2.75, 3.05) is 9.80 Å². The highest BCUT2D eigenvalue weighted by Gasteiger charge is 2.51. The molecule has 14 aromatic carbocycles. The summed E-state index contributed by atoms with van der Waals surface area (Å²) in [6, 6.07) is 84.7. The maximum atomic E-state index is 17.1. The molecule has 0 aliphatic heterocycles. The Bertz CT molecular complexity index is 5220. The molecule has 102 heavy (non-hydrogen) atoms. The van der Waals surface area contributed by atoms with Crippen LogP contribution in [0.5, 0.6) is 23.0 Å². The Labute approximate surface area is 583 Å². The normalized spacial score (nSPS) is 14.6. The van der Waals surface area contributed by atoms with Crippen molar-refractivity contribution in [2.24, 2.45) is 0 Å². The van der Waals surface area contributed by atoms with Gasteiger partial charge in [-0.3, -0.25) is 0 Å². The van der Waals surface area contributed by atoms with Crippen LogP contribution in [-0.4, -0.2) is 0 Å². The average Bonchev–Trinajstić information content (AvgIpc) is 1.52. The summed E-state index contributed by atoms with van der Waals surface area (Å²) in [4.78, 5) is 3.70. The van der Waals surface area contributed by atoms with E-state index in [2.05, 4.69) is 13.2 Å². The fourth-order valence-corrected chi connectivity index (χ4v) is 15.0. The molecule has 0 N–H and O–H groups in total. The van der Waals surface area contributed by atoms with E-state index >= 15 is 35.1 Å². The van der Waals surface area contributed by atoms with Crippen molar-refractivity contribution < 1.29 is 44.6 Å². The third-order valence-electron chi connectivity index (χ3n) is 19.3.